The molecule has 0 aliphatic carbocycles. The van der Waals surface area contributed by atoms with Gasteiger partial charge in [0.2, 0.25) is 0 Å². The van der Waals surface area contributed by atoms with Gasteiger partial charge in [-0.1, -0.05) is 87.9 Å². The van der Waals surface area contributed by atoms with E-state index in [1.807, 2.05) is 44.2 Å². The molecular formula is C27H39NO2. The Hall–Kier alpha value is -1.97. The minimum Gasteiger partial charge on any atom is -0.388 e. The van der Waals surface area contributed by atoms with Gasteiger partial charge in [-0.25, -0.2) is 0 Å². The molecule has 4 atom stereocenters. The van der Waals surface area contributed by atoms with Crippen LogP contribution in [0.2, 0.25) is 0 Å². The van der Waals surface area contributed by atoms with Crippen molar-refractivity contribution in [1.82, 2.24) is 4.90 Å². The fraction of sp³-hybridized carbons (Fsp3) is 0.519. The van der Waals surface area contributed by atoms with E-state index in [0.717, 1.165) is 25.1 Å². The van der Waals surface area contributed by atoms with Gasteiger partial charge in [0.15, 0.2) is 0 Å². The Kier molecular flexibility index (Phi) is 8.81. The molecule has 1 unspecified atom stereocenters. The van der Waals surface area contributed by atoms with Gasteiger partial charge in [0.05, 0.1) is 12.0 Å². The molecule has 0 radical (unpaired) electrons. The van der Waals surface area contributed by atoms with Crippen molar-refractivity contribution in [3.05, 3.63) is 71.3 Å². The summed E-state index contributed by atoms with van der Waals surface area (Å²) in [5.74, 6) is 0.137. The minimum absolute atomic E-state index is 0.0519. The highest BCUT2D eigenvalue weighted by Crippen LogP contribution is 2.40. The smallest absolute Gasteiger partial charge is 0.137 e. The Labute approximate surface area is 183 Å². The average molecular weight is 410 g/mol. The van der Waals surface area contributed by atoms with E-state index in [2.05, 4.69) is 49.9 Å². The van der Waals surface area contributed by atoms with E-state index in [0.29, 0.717) is 12.5 Å². The highest BCUT2D eigenvalue weighted by molar-refractivity contribution is 5.79. The van der Waals surface area contributed by atoms with Crippen LogP contribution < -0.4 is 0 Å². The van der Waals surface area contributed by atoms with Crippen LogP contribution in [0.4, 0.5) is 0 Å². The van der Waals surface area contributed by atoms with Crippen molar-refractivity contribution < 1.29 is 9.90 Å². The van der Waals surface area contributed by atoms with Crippen LogP contribution in [-0.2, 0) is 10.2 Å². The first-order chi connectivity index (χ1) is 14.3. The lowest BCUT2D eigenvalue weighted by Gasteiger charge is -2.46. The second-order valence-corrected chi connectivity index (χ2v) is 8.77. The number of hydrogen-bond donors (Lipinski definition) is 1. The molecule has 2 aromatic carbocycles. The van der Waals surface area contributed by atoms with Crippen molar-refractivity contribution in [1.29, 1.82) is 0 Å². The Morgan fingerprint density at radius 3 is 2.40 bits per heavy atom. The van der Waals surface area contributed by atoms with Crippen LogP contribution in [0.25, 0.3) is 0 Å². The summed E-state index contributed by atoms with van der Waals surface area (Å²) in [6, 6.07) is 18.4. The summed E-state index contributed by atoms with van der Waals surface area (Å²) in [6.07, 6.45) is 0.308. The average Bonchev–Trinajstić information content (AvgIpc) is 2.76. The van der Waals surface area contributed by atoms with Gasteiger partial charge in [-0.05, 0) is 49.3 Å². The van der Waals surface area contributed by atoms with Crippen LogP contribution in [0.15, 0.2) is 54.6 Å². The van der Waals surface area contributed by atoms with Crippen LogP contribution in [0, 0.1) is 18.8 Å². The third-order valence-corrected chi connectivity index (χ3v) is 6.74. The number of aliphatic hydroxyl groups is 1. The van der Waals surface area contributed by atoms with Gasteiger partial charge in [-0.3, -0.25) is 4.79 Å². The Morgan fingerprint density at radius 2 is 1.83 bits per heavy atom. The molecule has 0 spiro atoms. The van der Waals surface area contributed by atoms with Gasteiger partial charge >= 0.3 is 0 Å². The van der Waals surface area contributed by atoms with Crippen LogP contribution >= 0.6 is 0 Å². The van der Waals surface area contributed by atoms with Gasteiger partial charge in [0.25, 0.3) is 0 Å². The summed E-state index contributed by atoms with van der Waals surface area (Å²) < 4.78 is 0. The lowest BCUT2D eigenvalue weighted by Crippen LogP contribution is -2.49. The van der Waals surface area contributed by atoms with Crippen molar-refractivity contribution in [3.8, 4) is 0 Å². The first kappa shape index (κ1) is 24.3. The lowest BCUT2D eigenvalue weighted by molar-refractivity contribution is -0.125. The third-order valence-electron chi connectivity index (χ3n) is 6.74. The maximum absolute atomic E-state index is 12.3. The zero-order valence-electron chi connectivity index (χ0n) is 19.6. The summed E-state index contributed by atoms with van der Waals surface area (Å²) in [6.45, 7) is 14.9. The molecule has 3 heteroatoms. The van der Waals surface area contributed by atoms with E-state index in [1.165, 1.54) is 11.1 Å². The SMILES string of the molecule is CC.CC(=O)C(CN1CC[C@@](C)(c2cccc(C)c2)[C@@H](C)C1)[C@@H](O)c1ccccc1. The molecule has 3 rings (SSSR count). The Morgan fingerprint density at radius 1 is 1.17 bits per heavy atom. The van der Waals surface area contributed by atoms with Gasteiger partial charge < -0.3 is 10.0 Å². The largest absolute Gasteiger partial charge is 0.388 e. The van der Waals surface area contributed by atoms with Crippen molar-refractivity contribution in [2.24, 2.45) is 11.8 Å². The fourth-order valence-corrected chi connectivity index (χ4v) is 4.52. The van der Waals surface area contributed by atoms with Crippen LogP contribution in [-0.4, -0.2) is 35.4 Å². The monoisotopic (exact) mass is 409 g/mol. The molecule has 30 heavy (non-hydrogen) atoms. The summed E-state index contributed by atoms with van der Waals surface area (Å²) in [5, 5.41) is 10.8. The molecule has 1 aliphatic heterocycles. The molecule has 1 aliphatic rings. The van der Waals surface area contributed by atoms with E-state index in [-0.39, 0.29) is 11.2 Å². The molecule has 1 saturated heterocycles. The van der Waals surface area contributed by atoms with Crippen LogP contribution in [0.5, 0.6) is 0 Å². The molecule has 3 nitrogen and oxygen atoms in total. The van der Waals surface area contributed by atoms with E-state index in [4.69, 9.17) is 0 Å². The Balaban J connectivity index is 0.00000155. The van der Waals surface area contributed by atoms with Crippen LogP contribution in [0.3, 0.4) is 0 Å². The zero-order chi connectivity index (χ0) is 22.3. The number of ketones is 1. The normalized spacial score (nSPS) is 23.8. The summed E-state index contributed by atoms with van der Waals surface area (Å²) in [7, 11) is 0. The van der Waals surface area contributed by atoms with E-state index >= 15 is 0 Å². The minimum atomic E-state index is -0.751. The molecule has 0 amide bonds. The van der Waals surface area contributed by atoms with Gasteiger partial charge in [0, 0.05) is 13.1 Å². The van der Waals surface area contributed by atoms with Crippen molar-refractivity contribution in [3.63, 3.8) is 0 Å². The van der Waals surface area contributed by atoms with Crippen molar-refractivity contribution in [2.75, 3.05) is 19.6 Å². The van der Waals surface area contributed by atoms with E-state index < -0.39 is 12.0 Å². The maximum Gasteiger partial charge on any atom is 0.137 e. The van der Waals surface area contributed by atoms with E-state index in [1.54, 1.807) is 6.92 Å². The number of carbonyl (C=O) groups is 1. The molecule has 0 saturated carbocycles. The van der Waals surface area contributed by atoms with Gasteiger partial charge in [-0.15, -0.1) is 0 Å². The molecule has 0 aromatic heterocycles. The molecule has 1 N–H and O–H groups in total. The molecule has 1 heterocycles. The molecule has 164 valence electrons. The van der Waals surface area contributed by atoms with Crippen LogP contribution in [0.1, 0.15) is 63.8 Å². The Bertz CT molecular complexity index is 804. The standard InChI is InChI=1S/C25H33NO2.C2H6/c1-18-9-8-12-22(15-18)25(4)13-14-26(16-19(25)2)17-23(20(3)27)24(28)21-10-6-5-7-11-21;1-2/h5-12,15,19,23-24,28H,13-14,16-17H2,1-4H3;1-2H3/t19-,23?,24-,25+;/m0./s1. The number of piperidine rings is 1. The quantitative estimate of drug-likeness (QED) is 0.679. The fourth-order valence-electron chi connectivity index (χ4n) is 4.52. The lowest BCUT2D eigenvalue weighted by atomic mass is 9.67. The van der Waals surface area contributed by atoms with Gasteiger partial charge in [0.1, 0.15) is 5.78 Å². The molecule has 2 aromatic rings. The summed E-state index contributed by atoms with van der Waals surface area (Å²) in [4.78, 5) is 14.7. The number of likely N-dealkylation sites (tertiary alicyclic amines) is 1. The highest BCUT2D eigenvalue weighted by atomic mass is 16.3. The summed E-state index contributed by atoms with van der Waals surface area (Å²) >= 11 is 0. The molecule has 0 bridgehead atoms. The topological polar surface area (TPSA) is 40.5 Å². The zero-order valence-corrected chi connectivity index (χ0v) is 19.6. The second-order valence-electron chi connectivity index (χ2n) is 8.77. The molecular weight excluding hydrogens is 370 g/mol. The third kappa shape index (κ3) is 5.59. The van der Waals surface area contributed by atoms with Crippen molar-refractivity contribution >= 4 is 5.78 Å². The second kappa shape index (κ2) is 10.9. The maximum atomic E-state index is 12.3. The number of nitrogens with zero attached hydrogens (tertiary/aromatic N) is 1. The number of rotatable bonds is 6. The first-order valence-electron chi connectivity index (χ1n) is 11.3. The molecule has 1 fully saturated rings. The first-order valence-corrected chi connectivity index (χ1v) is 11.3. The number of aliphatic hydroxyl groups excluding tert-OH is 1. The van der Waals surface area contributed by atoms with Crippen molar-refractivity contribution in [2.45, 2.75) is 59.5 Å². The number of benzene rings is 2. The number of carbonyl (C=O) groups excluding carboxylic acids is 1. The number of aryl methyl sites for hydroxylation is 1. The highest BCUT2D eigenvalue weighted by Gasteiger charge is 2.39. The predicted octanol–water partition coefficient (Wildman–Crippen LogP) is 5.56. The summed E-state index contributed by atoms with van der Waals surface area (Å²) in [5.41, 5.74) is 3.67. The predicted molar refractivity (Wildman–Crippen MR) is 126 cm³/mol. The number of Topliss-reactive ketones (excluding diaryl/α,β-unsaturated/α-hetero) is 1. The van der Waals surface area contributed by atoms with Gasteiger partial charge in [-0.2, -0.15) is 0 Å². The van der Waals surface area contributed by atoms with E-state index in [9.17, 15) is 9.90 Å². The number of hydrogen-bond acceptors (Lipinski definition) is 3.